The fourth-order valence-corrected chi connectivity index (χ4v) is 3.31. The van der Waals surface area contributed by atoms with Gasteiger partial charge in [0, 0.05) is 30.2 Å². The molecule has 134 valence electrons. The van der Waals surface area contributed by atoms with Crippen molar-refractivity contribution in [3.63, 3.8) is 0 Å². The number of nitrogens with zero attached hydrogens (tertiary/aromatic N) is 1. The van der Waals surface area contributed by atoms with E-state index in [0.717, 1.165) is 5.56 Å². The second-order valence-corrected chi connectivity index (χ2v) is 8.08. The number of nitrogens with one attached hydrogen (secondary N) is 1. The summed E-state index contributed by atoms with van der Waals surface area (Å²) in [5.41, 5.74) is 1.56. The molecule has 2 aromatic rings. The molecule has 0 spiro atoms. The standard InChI is InChI=1S/C18H21ClN2O3S/c1-25(23,24)21(13-11-15-5-3-2-4-6-15)14-12-20-18(22)16-7-9-17(19)10-8-16/h2-10H,11-14H2,1H3,(H,20,22). The van der Waals surface area contributed by atoms with E-state index in [9.17, 15) is 13.2 Å². The van der Waals surface area contributed by atoms with Gasteiger partial charge in [0.25, 0.3) is 5.91 Å². The molecular formula is C18H21ClN2O3S. The van der Waals surface area contributed by atoms with Crippen molar-refractivity contribution in [3.8, 4) is 0 Å². The first-order valence-corrected chi connectivity index (χ1v) is 10.1. The van der Waals surface area contributed by atoms with E-state index in [0.29, 0.717) is 23.6 Å². The van der Waals surface area contributed by atoms with E-state index < -0.39 is 10.0 Å². The van der Waals surface area contributed by atoms with Gasteiger partial charge in [0.05, 0.1) is 6.26 Å². The summed E-state index contributed by atoms with van der Waals surface area (Å²) in [6.45, 7) is 0.841. The highest BCUT2D eigenvalue weighted by Gasteiger charge is 2.16. The highest BCUT2D eigenvalue weighted by atomic mass is 35.5. The van der Waals surface area contributed by atoms with Crippen LogP contribution in [0.4, 0.5) is 0 Å². The minimum absolute atomic E-state index is 0.227. The van der Waals surface area contributed by atoms with Crippen molar-refractivity contribution in [2.45, 2.75) is 6.42 Å². The number of hydrogen-bond donors (Lipinski definition) is 1. The van der Waals surface area contributed by atoms with Gasteiger partial charge in [-0.25, -0.2) is 12.7 Å². The van der Waals surface area contributed by atoms with Crippen molar-refractivity contribution in [3.05, 3.63) is 70.7 Å². The Balaban J connectivity index is 1.87. The highest BCUT2D eigenvalue weighted by Crippen LogP contribution is 2.09. The first-order chi connectivity index (χ1) is 11.9. The van der Waals surface area contributed by atoms with Crippen LogP contribution in [0.1, 0.15) is 15.9 Å². The molecule has 5 nitrogen and oxygen atoms in total. The van der Waals surface area contributed by atoms with Gasteiger partial charge in [0.2, 0.25) is 10.0 Å². The van der Waals surface area contributed by atoms with Gasteiger partial charge >= 0.3 is 0 Å². The lowest BCUT2D eigenvalue weighted by atomic mass is 10.1. The third-order valence-corrected chi connectivity index (χ3v) is 5.27. The second-order valence-electron chi connectivity index (χ2n) is 5.66. The van der Waals surface area contributed by atoms with Crippen LogP contribution in [-0.4, -0.2) is 44.5 Å². The third kappa shape index (κ3) is 6.49. The Morgan fingerprint density at radius 2 is 1.68 bits per heavy atom. The molecule has 0 heterocycles. The van der Waals surface area contributed by atoms with Crippen LogP contribution in [0.5, 0.6) is 0 Å². The van der Waals surface area contributed by atoms with E-state index >= 15 is 0 Å². The number of benzene rings is 2. The molecule has 0 unspecified atom stereocenters. The maximum atomic E-state index is 12.0. The molecule has 0 fully saturated rings. The summed E-state index contributed by atoms with van der Waals surface area (Å²) in [5.74, 6) is -0.256. The predicted molar refractivity (Wildman–Crippen MR) is 100 cm³/mol. The fraction of sp³-hybridized carbons (Fsp3) is 0.278. The van der Waals surface area contributed by atoms with Crippen molar-refractivity contribution in [1.82, 2.24) is 9.62 Å². The monoisotopic (exact) mass is 380 g/mol. The molecule has 1 amide bonds. The number of rotatable bonds is 8. The number of sulfonamides is 1. The minimum Gasteiger partial charge on any atom is -0.351 e. The van der Waals surface area contributed by atoms with Crippen molar-refractivity contribution >= 4 is 27.5 Å². The van der Waals surface area contributed by atoms with Gasteiger partial charge in [-0.2, -0.15) is 0 Å². The van der Waals surface area contributed by atoms with Crippen LogP contribution in [0.2, 0.25) is 5.02 Å². The van der Waals surface area contributed by atoms with E-state index in [1.54, 1.807) is 24.3 Å². The Labute approximate surface area is 153 Å². The Bertz CT molecular complexity index is 793. The Morgan fingerprint density at radius 3 is 2.28 bits per heavy atom. The zero-order chi connectivity index (χ0) is 18.3. The summed E-state index contributed by atoms with van der Waals surface area (Å²) in [6, 6.07) is 16.2. The molecule has 0 radical (unpaired) electrons. The van der Waals surface area contributed by atoms with Gasteiger partial charge < -0.3 is 5.32 Å². The number of halogens is 1. The molecule has 1 N–H and O–H groups in total. The van der Waals surface area contributed by atoms with Crippen LogP contribution in [-0.2, 0) is 16.4 Å². The van der Waals surface area contributed by atoms with Crippen molar-refractivity contribution in [1.29, 1.82) is 0 Å². The summed E-state index contributed by atoms with van der Waals surface area (Å²) in [5, 5.41) is 3.29. The minimum atomic E-state index is -3.34. The van der Waals surface area contributed by atoms with Crippen LogP contribution in [0, 0.1) is 0 Å². The van der Waals surface area contributed by atoms with Gasteiger partial charge in [-0.1, -0.05) is 41.9 Å². The molecule has 0 saturated carbocycles. The maximum Gasteiger partial charge on any atom is 0.251 e. The zero-order valence-corrected chi connectivity index (χ0v) is 15.6. The predicted octanol–water partition coefficient (Wildman–Crippen LogP) is 2.57. The largest absolute Gasteiger partial charge is 0.351 e. The average Bonchev–Trinajstić information content (AvgIpc) is 2.58. The van der Waals surface area contributed by atoms with Crippen LogP contribution in [0.3, 0.4) is 0 Å². The normalized spacial score (nSPS) is 11.5. The van der Waals surface area contributed by atoms with Crippen LogP contribution >= 0.6 is 11.6 Å². The Hall–Kier alpha value is -1.89. The molecule has 0 aromatic heterocycles. The number of amides is 1. The number of hydrogen-bond acceptors (Lipinski definition) is 3. The van der Waals surface area contributed by atoms with Gasteiger partial charge in [-0.15, -0.1) is 0 Å². The smallest absolute Gasteiger partial charge is 0.251 e. The average molecular weight is 381 g/mol. The SMILES string of the molecule is CS(=O)(=O)N(CCNC(=O)c1ccc(Cl)cc1)CCc1ccccc1. The van der Waals surface area contributed by atoms with Gasteiger partial charge in [0.15, 0.2) is 0 Å². The lowest BCUT2D eigenvalue weighted by molar-refractivity contribution is 0.0951. The highest BCUT2D eigenvalue weighted by molar-refractivity contribution is 7.88. The van der Waals surface area contributed by atoms with Crippen LogP contribution in [0.25, 0.3) is 0 Å². The lowest BCUT2D eigenvalue weighted by Crippen LogP contribution is -2.39. The molecule has 0 atom stereocenters. The van der Waals surface area contributed by atoms with E-state index in [2.05, 4.69) is 5.32 Å². The summed E-state index contributed by atoms with van der Waals surface area (Å²) >= 11 is 5.79. The number of carbonyl (C=O) groups is 1. The molecule has 0 aliphatic rings. The molecule has 0 bridgehead atoms. The van der Waals surface area contributed by atoms with Gasteiger partial charge in [0.1, 0.15) is 0 Å². The Morgan fingerprint density at radius 1 is 1.04 bits per heavy atom. The van der Waals surface area contributed by atoms with E-state index in [4.69, 9.17) is 11.6 Å². The summed E-state index contributed by atoms with van der Waals surface area (Å²) in [6.07, 6.45) is 1.80. The summed E-state index contributed by atoms with van der Waals surface area (Å²) in [7, 11) is -3.34. The lowest BCUT2D eigenvalue weighted by Gasteiger charge is -2.20. The van der Waals surface area contributed by atoms with Gasteiger partial charge in [-0.3, -0.25) is 4.79 Å². The van der Waals surface area contributed by atoms with Crippen LogP contribution in [0.15, 0.2) is 54.6 Å². The summed E-state index contributed by atoms with van der Waals surface area (Å²) < 4.78 is 25.2. The summed E-state index contributed by atoms with van der Waals surface area (Å²) in [4.78, 5) is 12.0. The maximum absolute atomic E-state index is 12.0. The molecule has 0 saturated heterocycles. The van der Waals surface area contributed by atoms with Crippen LogP contribution < -0.4 is 5.32 Å². The third-order valence-electron chi connectivity index (χ3n) is 3.71. The first kappa shape index (κ1) is 19.4. The fourth-order valence-electron chi connectivity index (χ4n) is 2.34. The van der Waals surface area contributed by atoms with Gasteiger partial charge in [-0.05, 0) is 36.2 Å². The second kappa shape index (κ2) is 8.99. The molecule has 7 heteroatoms. The zero-order valence-electron chi connectivity index (χ0n) is 14.0. The quantitative estimate of drug-likeness (QED) is 0.765. The molecular weight excluding hydrogens is 360 g/mol. The molecule has 25 heavy (non-hydrogen) atoms. The number of carbonyl (C=O) groups excluding carboxylic acids is 1. The van der Waals surface area contributed by atoms with Crippen molar-refractivity contribution < 1.29 is 13.2 Å². The van der Waals surface area contributed by atoms with E-state index in [1.807, 2.05) is 30.3 Å². The Kier molecular flexibility index (Phi) is 6.99. The van der Waals surface area contributed by atoms with E-state index in [-0.39, 0.29) is 19.0 Å². The first-order valence-electron chi connectivity index (χ1n) is 7.89. The van der Waals surface area contributed by atoms with E-state index in [1.165, 1.54) is 10.6 Å². The van der Waals surface area contributed by atoms with Crippen molar-refractivity contribution in [2.24, 2.45) is 0 Å². The van der Waals surface area contributed by atoms with Crippen molar-refractivity contribution in [2.75, 3.05) is 25.9 Å². The molecule has 0 aliphatic heterocycles. The molecule has 2 aromatic carbocycles. The topological polar surface area (TPSA) is 66.5 Å². The molecule has 0 aliphatic carbocycles. The molecule has 2 rings (SSSR count).